The van der Waals surface area contributed by atoms with Gasteiger partial charge in [-0.25, -0.2) is 0 Å². The van der Waals surface area contributed by atoms with Crippen LogP contribution in [0.5, 0.6) is 0 Å². The zero-order valence-corrected chi connectivity index (χ0v) is 6.55. The highest BCUT2D eigenvalue weighted by atomic mass is 16.5. The minimum atomic E-state index is 0.235. The molecule has 3 heteroatoms. The van der Waals surface area contributed by atoms with E-state index in [0.717, 1.165) is 13.1 Å². The standard InChI is InChI=1S/C7H14N2O/c1-7(10-2)6-9-5-3-4-8/h7,9H,3,5-6H2,1-2H3. The summed E-state index contributed by atoms with van der Waals surface area (Å²) in [6.07, 6.45) is 0.801. The van der Waals surface area contributed by atoms with Gasteiger partial charge in [-0.2, -0.15) is 5.26 Å². The van der Waals surface area contributed by atoms with E-state index in [9.17, 15) is 0 Å². The highest BCUT2D eigenvalue weighted by molar-refractivity contribution is 4.70. The molecule has 0 aliphatic rings. The molecule has 0 aromatic heterocycles. The van der Waals surface area contributed by atoms with E-state index in [2.05, 4.69) is 11.4 Å². The van der Waals surface area contributed by atoms with Crippen molar-refractivity contribution in [2.45, 2.75) is 19.4 Å². The SMILES string of the molecule is COC(C)CNCCC#N. The van der Waals surface area contributed by atoms with Crippen LogP contribution < -0.4 is 5.32 Å². The van der Waals surface area contributed by atoms with Gasteiger partial charge in [0.25, 0.3) is 0 Å². The van der Waals surface area contributed by atoms with Crippen LogP contribution in [0.2, 0.25) is 0 Å². The van der Waals surface area contributed by atoms with E-state index in [1.54, 1.807) is 7.11 Å². The minimum Gasteiger partial charge on any atom is -0.380 e. The first kappa shape index (κ1) is 9.41. The van der Waals surface area contributed by atoms with Gasteiger partial charge in [-0.1, -0.05) is 0 Å². The van der Waals surface area contributed by atoms with Crippen molar-refractivity contribution in [1.29, 1.82) is 5.26 Å². The fraction of sp³-hybridized carbons (Fsp3) is 0.857. The number of nitrogens with one attached hydrogen (secondary N) is 1. The first-order valence-electron chi connectivity index (χ1n) is 3.41. The van der Waals surface area contributed by atoms with E-state index in [-0.39, 0.29) is 6.10 Å². The fourth-order valence-corrected chi connectivity index (χ4v) is 0.533. The third-order valence-corrected chi connectivity index (χ3v) is 1.25. The molecule has 0 radical (unpaired) electrons. The zero-order valence-electron chi connectivity index (χ0n) is 6.55. The normalized spacial score (nSPS) is 12.5. The van der Waals surface area contributed by atoms with E-state index >= 15 is 0 Å². The average molecular weight is 142 g/mol. The third kappa shape index (κ3) is 5.54. The molecule has 1 N–H and O–H groups in total. The predicted octanol–water partition coefficient (Wildman–Crippen LogP) is 0.525. The highest BCUT2D eigenvalue weighted by Gasteiger charge is 1.95. The molecule has 1 atom stereocenters. The smallest absolute Gasteiger partial charge is 0.0667 e. The fourth-order valence-electron chi connectivity index (χ4n) is 0.533. The second-order valence-corrected chi connectivity index (χ2v) is 2.16. The largest absolute Gasteiger partial charge is 0.380 e. The van der Waals surface area contributed by atoms with Crippen molar-refractivity contribution in [2.24, 2.45) is 0 Å². The Morgan fingerprint density at radius 3 is 2.90 bits per heavy atom. The lowest BCUT2D eigenvalue weighted by molar-refractivity contribution is 0.117. The molecule has 0 aromatic rings. The highest BCUT2D eigenvalue weighted by Crippen LogP contribution is 1.83. The number of rotatable bonds is 5. The number of hydrogen-bond donors (Lipinski definition) is 1. The quantitative estimate of drug-likeness (QED) is 0.569. The predicted molar refractivity (Wildman–Crippen MR) is 39.6 cm³/mol. The van der Waals surface area contributed by atoms with Crippen molar-refractivity contribution in [1.82, 2.24) is 5.32 Å². The second kappa shape index (κ2) is 6.53. The molecule has 58 valence electrons. The van der Waals surface area contributed by atoms with Crippen molar-refractivity contribution in [3.8, 4) is 6.07 Å². The molecule has 10 heavy (non-hydrogen) atoms. The van der Waals surface area contributed by atoms with Gasteiger partial charge in [-0.05, 0) is 6.92 Å². The molecule has 0 amide bonds. The van der Waals surface area contributed by atoms with Crippen molar-refractivity contribution in [3.05, 3.63) is 0 Å². The number of nitrogens with zero attached hydrogens (tertiary/aromatic N) is 1. The Morgan fingerprint density at radius 1 is 1.70 bits per heavy atom. The van der Waals surface area contributed by atoms with Gasteiger partial charge in [0.1, 0.15) is 0 Å². The summed E-state index contributed by atoms with van der Waals surface area (Å²) < 4.78 is 4.98. The first-order chi connectivity index (χ1) is 4.81. The van der Waals surface area contributed by atoms with Crippen molar-refractivity contribution in [2.75, 3.05) is 20.2 Å². The lowest BCUT2D eigenvalue weighted by Gasteiger charge is -2.08. The average Bonchev–Trinajstić information content (AvgIpc) is 1.98. The Morgan fingerprint density at radius 2 is 2.40 bits per heavy atom. The molecule has 0 aliphatic carbocycles. The molecule has 0 heterocycles. The lowest BCUT2D eigenvalue weighted by atomic mass is 10.4. The van der Waals surface area contributed by atoms with Gasteiger partial charge in [-0.3, -0.25) is 0 Å². The van der Waals surface area contributed by atoms with Crippen LogP contribution in [0.15, 0.2) is 0 Å². The number of hydrogen-bond acceptors (Lipinski definition) is 3. The molecule has 0 saturated heterocycles. The van der Waals surface area contributed by atoms with Crippen LogP contribution >= 0.6 is 0 Å². The molecule has 0 rings (SSSR count). The van der Waals surface area contributed by atoms with E-state index < -0.39 is 0 Å². The van der Waals surface area contributed by atoms with Crippen LogP contribution in [0.25, 0.3) is 0 Å². The van der Waals surface area contributed by atoms with Gasteiger partial charge in [0.2, 0.25) is 0 Å². The van der Waals surface area contributed by atoms with Gasteiger partial charge in [0, 0.05) is 26.6 Å². The summed E-state index contributed by atoms with van der Waals surface area (Å²) in [6.45, 7) is 3.56. The topological polar surface area (TPSA) is 45.0 Å². The molecule has 0 saturated carbocycles. The van der Waals surface area contributed by atoms with Crippen LogP contribution in [0.1, 0.15) is 13.3 Å². The number of nitriles is 1. The van der Waals surface area contributed by atoms with Crippen LogP contribution in [-0.2, 0) is 4.74 Å². The van der Waals surface area contributed by atoms with E-state index in [4.69, 9.17) is 10.00 Å². The maximum atomic E-state index is 8.17. The van der Waals surface area contributed by atoms with Crippen LogP contribution in [0, 0.1) is 11.3 Å². The molecular weight excluding hydrogens is 128 g/mol. The van der Waals surface area contributed by atoms with Crippen LogP contribution in [-0.4, -0.2) is 26.3 Å². The first-order valence-corrected chi connectivity index (χ1v) is 3.41. The molecule has 0 fully saturated rings. The van der Waals surface area contributed by atoms with E-state index in [0.29, 0.717) is 6.42 Å². The molecule has 3 nitrogen and oxygen atoms in total. The maximum absolute atomic E-state index is 8.17. The van der Waals surface area contributed by atoms with Gasteiger partial charge < -0.3 is 10.1 Å². The Labute approximate surface area is 62.0 Å². The third-order valence-electron chi connectivity index (χ3n) is 1.25. The Kier molecular flexibility index (Phi) is 6.14. The molecule has 0 spiro atoms. The molecule has 1 unspecified atom stereocenters. The summed E-state index contributed by atoms with van der Waals surface area (Å²) in [5, 5.41) is 11.3. The van der Waals surface area contributed by atoms with Crippen molar-refractivity contribution >= 4 is 0 Å². The summed E-state index contributed by atoms with van der Waals surface area (Å²) in [4.78, 5) is 0. The molecular formula is C7H14N2O. The summed E-state index contributed by atoms with van der Waals surface area (Å²) in [6, 6.07) is 2.06. The number of ether oxygens (including phenoxy) is 1. The summed E-state index contributed by atoms with van der Waals surface area (Å²) in [5.41, 5.74) is 0. The molecule has 0 aromatic carbocycles. The van der Waals surface area contributed by atoms with E-state index in [1.165, 1.54) is 0 Å². The van der Waals surface area contributed by atoms with Crippen LogP contribution in [0.4, 0.5) is 0 Å². The van der Waals surface area contributed by atoms with E-state index in [1.807, 2.05) is 6.92 Å². The molecule has 0 bridgehead atoms. The second-order valence-electron chi connectivity index (χ2n) is 2.16. The van der Waals surface area contributed by atoms with Crippen LogP contribution in [0.3, 0.4) is 0 Å². The summed E-state index contributed by atoms with van der Waals surface area (Å²) in [7, 11) is 1.68. The van der Waals surface area contributed by atoms with Gasteiger partial charge >= 0.3 is 0 Å². The number of methoxy groups -OCH3 is 1. The summed E-state index contributed by atoms with van der Waals surface area (Å²) in [5.74, 6) is 0. The minimum absolute atomic E-state index is 0.235. The van der Waals surface area contributed by atoms with Gasteiger partial charge in [0.15, 0.2) is 0 Å². The van der Waals surface area contributed by atoms with Gasteiger partial charge in [-0.15, -0.1) is 0 Å². The monoisotopic (exact) mass is 142 g/mol. The maximum Gasteiger partial charge on any atom is 0.0667 e. The summed E-state index contributed by atoms with van der Waals surface area (Å²) >= 11 is 0. The Bertz CT molecular complexity index is 109. The van der Waals surface area contributed by atoms with Crippen molar-refractivity contribution < 1.29 is 4.74 Å². The van der Waals surface area contributed by atoms with Crippen molar-refractivity contribution in [3.63, 3.8) is 0 Å². The lowest BCUT2D eigenvalue weighted by Crippen LogP contribution is -2.26. The zero-order chi connectivity index (χ0) is 7.82. The molecule has 0 aliphatic heterocycles. The Hall–Kier alpha value is -0.590. The Balaban J connectivity index is 2.98. The van der Waals surface area contributed by atoms with Gasteiger partial charge in [0.05, 0.1) is 12.2 Å².